The molecule has 0 N–H and O–H groups in total. The van der Waals surface area contributed by atoms with Gasteiger partial charge in [-0.2, -0.15) is 8.42 Å². The monoisotopic (exact) mass is 206 g/mol. The lowest BCUT2D eigenvalue weighted by Gasteiger charge is -2.22. The van der Waals surface area contributed by atoms with Gasteiger partial charge in [0.25, 0.3) is 10.1 Å². The first-order chi connectivity index (χ1) is 6.02. The maximum Gasteiger partial charge on any atom is 0.269 e. The van der Waals surface area contributed by atoms with E-state index in [0.29, 0.717) is 0 Å². The molecule has 0 spiro atoms. The Morgan fingerprint density at radius 3 is 2.15 bits per heavy atom. The molecular formula is C9H18O3S. The normalized spacial score (nSPS) is 20.8. The van der Waals surface area contributed by atoms with E-state index >= 15 is 0 Å². The van der Waals surface area contributed by atoms with Gasteiger partial charge in [0.2, 0.25) is 0 Å². The van der Waals surface area contributed by atoms with Crippen LogP contribution in [0.5, 0.6) is 0 Å². The van der Waals surface area contributed by atoms with E-state index in [2.05, 4.69) is 0 Å². The minimum absolute atomic E-state index is 0.0545. The lowest BCUT2D eigenvalue weighted by Crippen LogP contribution is -2.25. The van der Waals surface area contributed by atoms with Crippen LogP contribution in [0.2, 0.25) is 0 Å². The van der Waals surface area contributed by atoms with E-state index < -0.39 is 15.4 Å². The highest BCUT2D eigenvalue weighted by Crippen LogP contribution is 2.22. The summed E-state index contributed by atoms with van der Waals surface area (Å²) in [6, 6.07) is 0. The van der Waals surface area contributed by atoms with Crippen LogP contribution in [-0.4, -0.2) is 19.8 Å². The van der Waals surface area contributed by atoms with E-state index in [9.17, 15) is 8.42 Å². The Hall–Kier alpha value is -0.0900. The maximum absolute atomic E-state index is 11.4. The summed E-state index contributed by atoms with van der Waals surface area (Å²) in [7, 11) is -3.30. The first kappa shape index (κ1) is 11.0. The van der Waals surface area contributed by atoms with E-state index in [-0.39, 0.29) is 6.10 Å². The Morgan fingerprint density at radius 2 is 1.69 bits per heavy atom. The molecule has 0 aromatic carbocycles. The van der Waals surface area contributed by atoms with Crippen LogP contribution in [0.15, 0.2) is 0 Å². The van der Waals surface area contributed by atoms with Crippen molar-refractivity contribution in [2.75, 3.05) is 0 Å². The summed E-state index contributed by atoms with van der Waals surface area (Å²) in [6.45, 7) is 3.30. The van der Waals surface area contributed by atoms with Gasteiger partial charge in [0.1, 0.15) is 0 Å². The number of rotatable bonds is 3. The van der Waals surface area contributed by atoms with Crippen molar-refractivity contribution in [3.63, 3.8) is 0 Å². The summed E-state index contributed by atoms with van der Waals surface area (Å²) in [5, 5.41) is -0.422. The molecule has 78 valence electrons. The van der Waals surface area contributed by atoms with E-state index in [0.717, 1.165) is 25.7 Å². The molecular weight excluding hydrogens is 188 g/mol. The van der Waals surface area contributed by atoms with Crippen LogP contribution in [-0.2, 0) is 14.3 Å². The standard InChI is InChI=1S/C9H18O3S/c1-8(2)13(10,11)12-9-6-4-3-5-7-9/h8-9H,3-7H2,1-2H3. The summed E-state index contributed by atoms with van der Waals surface area (Å²) in [6.07, 6.45) is 5.14. The van der Waals surface area contributed by atoms with Crippen LogP contribution < -0.4 is 0 Å². The molecule has 0 atom stereocenters. The lowest BCUT2D eigenvalue weighted by atomic mass is 9.98. The Kier molecular flexibility index (Phi) is 3.74. The van der Waals surface area contributed by atoms with Gasteiger partial charge in [-0.05, 0) is 26.7 Å². The van der Waals surface area contributed by atoms with Crippen molar-refractivity contribution >= 4 is 10.1 Å². The minimum atomic E-state index is -3.30. The van der Waals surface area contributed by atoms with Gasteiger partial charge in [0.15, 0.2) is 0 Å². The fourth-order valence-corrected chi connectivity index (χ4v) is 2.26. The fraction of sp³-hybridized carbons (Fsp3) is 1.00. The number of hydrogen-bond acceptors (Lipinski definition) is 3. The van der Waals surface area contributed by atoms with E-state index in [1.165, 1.54) is 6.42 Å². The molecule has 4 heteroatoms. The second-order valence-corrected chi connectivity index (χ2v) is 6.02. The molecule has 0 heterocycles. The third-order valence-corrected chi connectivity index (χ3v) is 4.09. The van der Waals surface area contributed by atoms with Crippen molar-refractivity contribution in [1.29, 1.82) is 0 Å². The third-order valence-electron chi connectivity index (χ3n) is 2.40. The molecule has 0 radical (unpaired) electrons. The second-order valence-electron chi connectivity index (χ2n) is 3.90. The molecule has 1 saturated carbocycles. The topological polar surface area (TPSA) is 43.4 Å². The molecule has 1 aliphatic rings. The Balaban J connectivity index is 2.47. The smallest absolute Gasteiger partial charge is 0.267 e. The van der Waals surface area contributed by atoms with Gasteiger partial charge < -0.3 is 0 Å². The van der Waals surface area contributed by atoms with Crippen molar-refractivity contribution in [2.45, 2.75) is 57.3 Å². The maximum atomic E-state index is 11.4. The fourth-order valence-electron chi connectivity index (χ4n) is 1.46. The predicted octanol–water partition coefficient (Wildman–Crippen LogP) is 2.07. The summed E-state index contributed by atoms with van der Waals surface area (Å²) in [4.78, 5) is 0. The van der Waals surface area contributed by atoms with E-state index in [4.69, 9.17) is 4.18 Å². The minimum Gasteiger partial charge on any atom is -0.267 e. The van der Waals surface area contributed by atoms with Crippen LogP contribution >= 0.6 is 0 Å². The zero-order valence-corrected chi connectivity index (χ0v) is 9.14. The van der Waals surface area contributed by atoms with Gasteiger partial charge in [0.05, 0.1) is 11.4 Å². The average Bonchev–Trinajstić information content (AvgIpc) is 2.05. The van der Waals surface area contributed by atoms with Gasteiger partial charge in [-0.15, -0.1) is 0 Å². The Morgan fingerprint density at radius 1 is 1.15 bits per heavy atom. The molecule has 0 unspecified atom stereocenters. The van der Waals surface area contributed by atoms with Crippen molar-refractivity contribution in [3.8, 4) is 0 Å². The zero-order chi connectivity index (χ0) is 9.90. The van der Waals surface area contributed by atoms with Crippen molar-refractivity contribution in [3.05, 3.63) is 0 Å². The van der Waals surface area contributed by atoms with Crippen molar-refractivity contribution < 1.29 is 12.6 Å². The average molecular weight is 206 g/mol. The third kappa shape index (κ3) is 3.27. The molecule has 0 saturated heterocycles. The molecule has 0 amide bonds. The van der Waals surface area contributed by atoms with Crippen LogP contribution in [0.3, 0.4) is 0 Å². The van der Waals surface area contributed by atoms with Gasteiger partial charge in [0, 0.05) is 0 Å². The Bertz CT molecular complexity index is 238. The highest BCUT2D eigenvalue weighted by Gasteiger charge is 2.24. The van der Waals surface area contributed by atoms with Crippen molar-refractivity contribution in [2.24, 2.45) is 0 Å². The zero-order valence-electron chi connectivity index (χ0n) is 8.32. The van der Waals surface area contributed by atoms with Crippen LogP contribution in [0.4, 0.5) is 0 Å². The number of hydrogen-bond donors (Lipinski definition) is 0. The highest BCUT2D eigenvalue weighted by molar-refractivity contribution is 7.87. The van der Waals surface area contributed by atoms with E-state index in [1.807, 2.05) is 0 Å². The van der Waals surface area contributed by atoms with Gasteiger partial charge in [-0.25, -0.2) is 0 Å². The molecule has 0 aromatic heterocycles. The van der Waals surface area contributed by atoms with Crippen LogP contribution in [0, 0.1) is 0 Å². The highest BCUT2D eigenvalue weighted by atomic mass is 32.2. The second kappa shape index (κ2) is 4.42. The molecule has 0 aromatic rings. The summed E-state index contributed by atoms with van der Waals surface area (Å²) < 4.78 is 27.9. The van der Waals surface area contributed by atoms with Crippen LogP contribution in [0.1, 0.15) is 46.0 Å². The van der Waals surface area contributed by atoms with Gasteiger partial charge >= 0.3 is 0 Å². The molecule has 3 nitrogen and oxygen atoms in total. The molecule has 1 aliphatic carbocycles. The van der Waals surface area contributed by atoms with Gasteiger partial charge in [-0.3, -0.25) is 4.18 Å². The quantitative estimate of drug-likeness (QED) is 0.664. The lowest BCUT2D eigenvalue weighted by molar-refractivity contribution is 0.160. The molecule has 1 fully saturated rings. The van der Waals surface area contributed by atoms with Crippen molar-refractivity contribution in [1.82, 2.24) is 0 Å². The first-order valence-electron chi connectivity index (χ1n) is 4.94. The molecule has 0 bridgehead atoms. The Labute approximate surface area is 80.6 Å². The summed E-state index contributed by atoms with van der Waals surface area (Å²) in [5.74, 6) is 0. The molecule has 13 heavy (non-hydrogen) atoms. The molecule has 1 rings (SSSR count). The summed E-state index contributed by atoms with van der Waals surface area (Å²) >= 11 is 0. The summed E-state index contributed by atoms with van der Waals surface area (Å²) in [5.41, 5.74) is 0. The van der Waals surface area contributed by atoms with E-state index in [1.54, 1.807) is 13.8 Å². The first-order valence-corrected chi connectivity index (χ1v) is 6.41. The SMILES string of the molecule is CC(C)S(=O)(=O)OC1CCCCC1. The largest absolute Gasteiger partial charge is 0.269 e. The van der Waals surface area contributed by atoms with Crippen LogP contribution in [0.25, 0.3) is 0 Å². The molecule has 0 aliphatic heterocycles. The predicted molar refractivity (Wildman–Crippen MR) is 52.0 cm³/mol. The van der Waals surface area contributed by atoms with Gasteiger partial charge in [-0.1, -0.05) is 19.3 Å².